The van der Waals surface area contributed by atoms with Crippen LogP contribution in [0.15, 0.2) is 0 Å². The third-order valence-electron chi connectivity index (χ3n) is 0. The van der Waals surface area contributed by atoms with Crippen molar-refractivity contribution in [2.45, 2.75) is 0 Å². The smallest absolute Gasteiger partial charge is 0.269 e. The van der Waals surface area contributed by atoms with E-state index in [-0.39, 0.29) is 35.9 Å². The molecule has 5 heavy (non-hydrogen) atoms. The molecule has 0 spiro atoms. The molecule has 0 amide bonds. The molecule has 5 heteroatoms. The zero-order valence-corrected chi connectivity index (χ0v) is 3.75. The number of hydrogen-bond acceptors (Lipinski definition) is 0. The SMILES string of the molecule is F.F.F.F.[Se+2]. The van der Waals surface area contributed by atoms with Crippen molar-refractivity contribution in [1.29, 1.82) is 0 Å². The van der Waals surface area contributed by atoms with Crippen molar-refractivity contribution in [3.8, 4) is 0 Å². The second kappa shape index (κ2) is 776. The van der Waals surface area contributed by atoms with Gasteiger partial charge >= 0.3 is 17.1 Å². The molecule has 0 N–H and O–H groups in total. The van der Waals surface area contributed by atoms with Gasteiger partial charge in [-0.2, -0.15) is 0 Å². The molecule has 0 nitrogen and oxygen atoms in total. The fraction of sp³-hybridized carbons (Fsp3) is 0. The van der Waals surface area contributed by atoms with Gasteiger partial charge in [-0.1, -0.05) is 0 Å². The fourth-order valence-corrected chi connectivity index (χ4v) is 0. The Morgan fingerprint density at radius 3 is 0.400 bits per heavy atom. The minimum absolute atomic E-state index is 0. The Balaban J connectivity index is 0. The number of rotatable bonds is 0. The summed E-state index contributed by atoms with van der Waals surface area (Å²) in [6, 6.07) is 0. The van der Waals surface area contributed by atoms with Gasteiger partial charge in [0.2, 0.25) is 0 Å². The second-order valence-electron chi connectivity index (χ2n) is 0. The molecule has 36 valence electrons. The Labute approximate surface area is 36.9 Å². The van der Waals surface area contributed by atoms with Crippen molar-refractivity contribution in [2.75, 3.05) is 0 Å². The minimum atomic E-state index is 0. The summed E-state index contributed by atoms with van der Waals surface area (Å²) in [6.45, 7) is 0. The summed E-state index contributed by atoms with van der Waals surface area (Å²) in [6.07, 6.45) is 0. The Hall–Kier alpha value is 0.239. The number of halogens is 4. The van der Waals surface area contributed by atoms with E-state index in [0.717, 1.165) is 0 Å². The van der Waals surface area contributed by atoms with Crippen LogP contribution < -0.4 is 0 Å². The molecule has 0 heterocycles. The van der Waals surface area contributed by atoms with Crippen LogP contribution in [0, 0.1) is 0 Å². The largest absolute Gasteiger partial charge is 2.00 e. The van der Waals surface area contributed by atoms with Gasteiger partial charge in [-0.15, -0.1) is 0 Å². The molecule has 0 atom stereocenters. The van der Waals surface area contributed by atoms with E-state index in [1.54, 1.807) is 0 Å². The molecular weight excluding hydrogens is 155 g/mol. The molecule has 0 saturated carbocycles. The van der Waals surface area contributed by atoms with Crippen LogP contribution in [-0.4, -0.2) is 17.1 Å². The Bertz CT molecular complexity index is 3.61. The first-order chi connectivity index (χ1) is 0. The quantitative estimate of drug-likeness (QED) is 0.350. The van der Waals surface area contributed by atoms with Crippen LogP contribution in [0.4, 0.5) is 18.8 Å². The Morgan fingerprint density at radius 1 is 0.400 bits per heavy atom. The van der Waals surface area contributed by atoms with Crippen molar-refractivity contribution in [3.63, 3.8) is 0 Å². The van der Waals surface area contributed by atoms with Gasteiger partial charge in [-0.3, -0.25) is 18.8 Å². The second-order valence-corrected chi connectivity index (χ2v) is 0. The van der Waals surface area contributed by atoms with E-state index in [1.807, 2.05) is 0 Å². The molecule has 0 aliphatic heterocycles. The van der Waals surface area contributed by atoms with Crippen LogP contribution >= 0.6 is 0 Å². The van der Waals surface area contributed by atoms with E-state index in [0.29, 0.717) is 0 Å². The molecule has 0 bridgehead atoms. The van der Waals surface area contributed by atoms with Crippen molar-refractivity contribution < 1.29 is 18.8 Å². The van der Waals surface area contributed by atoms with Gasteiger partial charge in [0.25, 0.3) is 0 Å². The van der Waals surface area contributed by atoms with E-state index in [4.69, 9.17) is 0 Å². The topological polar surface area (TPSA) is 0 Å². The van der Waals surface area contributed by atoms with Gasteiger partial charge in [-0.25, -0.2) is 0 Å². The maximum absolute atomic E-state index is 0. The molecule has 0 saturated heterocycles. The maximum atomic E-state index is 0. The van der Waals surface area contributed by atoms with E-state index in [1.165, 1.54) is 0 Å². The fourth-order valence-electron chi connectivity index (χ4n) is 0. The Morgan fingerprint density at radius 2 is 0.400 bits per heavy atom. The predicted octanol–water partition coefficient (Wildman–Crippen LogP) is 0.229. The average Bonchev–Trinajstić information content (AvgIpc) is 0. The summed E-state index contributed by atoms with van der Waals surface area (Å²) in [7, 11) is 0. The molecule has 0 aliphatic carbocycles. The van der Waals surface area contributed by atoms with Crippen molar-refractivity contribution in [1.82, 2.24) is 0 Å². The summed E-state index contributed by atoms with van der Waals surface area (Å²) in [5.41, 5.74) is 0. The van der Waals surface area contributed by atoms with Gasteiger partial charge < -0.3 is 0 Å². The first kappa shape index (κ1) is 1640. The van der Waals surface area contributed by atoms with E-state index < -0.39 is 0 Å². The molecule has 4 radical (unpaired) electrons. The van der Waals surface area contributed by atoms with Gasteiger partial charge in [0.05, 0.1) is 0 Å². The van der Waals surface area contributed by atoms with Crippen molar-refractivity contribution in [3.05, 3.63) is 0 Å². The van der Waals surface area contributed by atoms with E-state index in [9.17, 15) is 0 Å². The summed E-state index contributed by atoms with van der Waals surface area (Å²) in [4.78, 5) is 0. The van der Waals surface area contributed by atoms with Crippen molar-refractivity contribution >= 4 is 17.1 Å². The van der Waals surface area contributed by atoms with Crippen LogP contribution in [0.25, 0.3) is 0 Å². The van der Waals surface area contributed by atoms with E-state index >= 15 is 0 Å². The average molecular weight is 159 g/mol. The van der Waals surface area contributed by atoms with E-state index in [2.05, 4.69) is 0 Å². The summed E-state index contributed by atoms with van der Waals surface area (Å²) < 4.78 is 0. The van der Waals surface area contributed by atoms with Crippen LogP contribution in [0.5, 0.6) is 0 Å². The monoisotopic (exact) mass is 160 g/mol. The molecule has 0 aliphatic rings. The summed E-state index contributed by atoms with van der Waals surface area (Å²) in [5, 5.41) is 0. The molecule has 0 aromatic rings. The maximum Gasteiger partial charge on any atom is 2.00 e. The third kappa shape index (κ3) is 371. The van der Waals surface area contributed by atoms with Gasteiger partial charge in [0.15, 0.2) is 0 Å². The molecule has 0 fully saturated rings. The molecule has 0 aromatic carbocycles. The molecule has 0 unspecified atom stereocenters. The molecule has 0 aromatic heterocycles. The van der Waals surface area contributed by atoms with Crippen LogP contribution in [0.1, 0.15) is 0 Å². The van der Waals surface area contributed by atoms with Crippen LogP contribution in [-0.2, 0) is 0 Å². The minimum Gasteiger partial charge on any atom is -0.269 e. The van der Waals surface area contributed by atoms with Crippen LogP contribution in [0.2, 0.25) is 0 Å². The summed E-state index contributed by atoms with van der Waals surface area (Å²) in [5.74, 6) is 0. The van der Waals surface area contributed by atoms with Crippen molar-refractivity contribution in [2.24, 2.45) is 0 Å². The first-order valence-corrected chi connectivity index (χ1v) is 0. The third-order valence-corrected chi connectivity index (χ3v) is 0. The first-order valence-electron chi connectivity index (χ1n) is 0. The zero-order chi connectivity index (χ0) is 0. The summed E-state index contributed by atoms with van der Waals surface area (Å²) >= 11 is 0. The standard InChI is InChI=1S/4FH.Se/h4*1H;/q;;;;+2. The predicted molar refractivity (Wildman–Crippen MR) is 15.8 cm³/mol. The molecular formula is H4F4Se+2. The molecule has 0 rings (SSSR count). The van der Waals surface area contributed by atoms with Gasteiger partial charge in [-0.05, 0) is 0 Å². The van der Waals surface area contributed by atoms with Gasteiger partial charge in [0.1, 0.15) is 0 Å². The van der Waals surface area contributed by atoms with Crippen LogP contribution in [0.3, 0.4) is 0 Å². The normalized spacial score (nSPS) is 0. The van der Waals surface area contributed by atoms with Gasteiger partial charge in [0, 0.05) is 0 Å². The Kier molecular flexibility index (Phi) is 255000. The zero-order valence-electron chi connectivity index (χ0n) is 2.04. The number of hydrogen-bond donors (Lipinski definition) is 0.